The van der Waals surface area contributed by atoms with Crippen molar-refractivity contribution in [3.05, 3.63) is 33.6 Å². The van der Waals surface area contributed by atoms with Gasteiger partial charge in [-0.3, -0.25) is 14.9 Å². The zero-order valence-corrected chi connectivity index (χ0v) is 21.2. The van der Waals surface area contributed by atoms with E-state index in [1.54, 1.807) is 20.8 Å². The van der Waals surface area contributed by atoms with E-state index in [9.17, 15) is 19.2 Å². The average Bonchev–Trinajstić information content (AvgIpc) is 3.59. The lowest BCUT2D eigenvalue weighted by atomic mass is 10.0. The minimum atomic E-state index is -1.18. The first-order chi connectivity index (χ1) is 17.5. The van der Waals surface area contributed by atoms with Gasteiger partial charge in [0.1, 0.15) is 11.3 Å². The van der Waals surface area contributed by atoms with Crippen molar-refractivity contribution in [2.24, 2.45) is 0 Å². The summed E-state index contributed by atoms with van der Waals surface area (Å²) in [5, 5.41) is 4.60. The molecule has 37 heavy (non-hydrogen) atoms. The van der Waals surface area contributed by atoms with Crippen molar-refractivity contribution in [2.45, 2.75) is 58.5 Å². The third kappa shape index (κ3) is 4.96. The quantitative estimate of drug-likeness (QED) is 0.537. The third-order valence-electron chi connectivity index (χ3n) is 6.53. The van der Waals surface area contributed by atoms with E-state index in [0.29, 0.717) is 19.3 Å². The van der Waals surface area contributed by atoms with E-state index in [2.05, 4.69) is 10.6 Å². The van der Waals surface area contributed by atoms with Gasteiger partial charge >= 0.3 is 12.1 Å². The van der Waals surface area contributed by atoms with E-state index in [0.717, 1.165) is 0 Å². The first-order valence-electron chi connectivity index (χ1n) is 12.3. The Morgan fingerprint density at radius 1 is 1.14 bits per heavy atom. The summed E-state index contributed by atoms with van der Waals surface area (Å²) < 4.78 is 43.8. The number of halogens is 2. The summed E-state index contributed by atoms with van der Waals surface area (Å²) in [4.78, 5) is 51.5. The molecule has 1 aliphatic heterocycles. The van der Waals surface area contributed by atoms with Crippen LogP contribution in [0.5, 0.6) is 0 Å². The summed E-state index contributed by atoms with van der Waals surface area (Å²) in [6.45, 7) is 6.54. The normalized spacial score (nSPS) is 19.1. The van der Waals surface area contributed by atoms with Gasteiger partial charge in [0.2, 0.25) is 11.3 Å². The molecule has 1 atom stereocenters. The molecular formula is C25H30F2N4O6. The maximum absolute atomic E-state index is 16.3. The van der Waals surface area contributed by atoms with Gasteiger partial charge in [0.05, 0.1) is 35.3 Å². The van der Waals surface area contributed by atoms with E-state index in [1.807, 2.05) is 0 Å². The molecule has 12 heteroatoms. The number of fused-ring (bicyclic) bond motifs is 1. The number of nitrogens with one attached hydrogen (secondary N) is 2. The standard InChI is InChI=1S/C25H30F2N4O6/c1-5-36-23(34)15-11-31(14-7-8-14)20-16(22(15)33)19(28-24(35)37-6-2)17(26)21(18(20)27)30-10-9-25(4,12-30)29-13(3)32/h11,14H,5-10,12H2,1-4H3,(H,28,35)(H,29,32). The highest BCUT2D eigenvalue weighted by molar-refractivity contribution is 6.04. The molecule has 2 heterocycles. The lowest BCUT2D eigenvalue weighted by Gasteiger charge is -2.28. The largest absolute Gasteiger partial charge is 0.462 e. The molecule has 0 bridgehead atoms. The molecule has 4 rings (SSSR count). The monoisotopic (exact) mass is 520 g/mol. The summed E-state index contributed by atoms with van der Waals surface area (Å²) in [6, 6.07) is -0.220. The highest BCUT2D eigenvalue weighted by Gasteiger charge is 2.39. The van der Waals surface area contributed by atoms with Crippen LogP contribution in [0.2, 0.25) is 0 Å². The lowest BCUT2D eigenvalue weighted by Crippen LogP contribution is -2.47. The summed E-state index contributed by atoms with van der Waals surface area (Å²) in [5.41, 5.74) is -3.34. The minimum Gasteiger partial charge on any atom is -0.462 e. The molecule has 2 aromatic rings. The molecule has 1 aromatic carbocycles. The van der Waals surface area contributed by atoms with Gasteiger partial charge in [-0.15, -0.1) is 0 Å². The van der Waals surface area contributed by atoms with Gasteiger partial charge in [-0.25, -0.2) is 18.4 Å². The number of rotatable bonds is 7. The van der Waals surface area contributed by atoms with E-state index in [4.69, 9.17) is 9.47 Å². The number of hydrogen-bond donors (Lipinski definition) is 2. The summed E-state index contributed by atoms with van der Waals surface area (Å²) in [7, 11) is 0. The Morgan fingerprint density at radius 2 is 1.81 bits per heavy atom. The van der Waals surface area contributed by atoms with Crippen LogP contribution in [-0.4, -0.2) is 54.4 Å². The Kier molecular flexibility index (Phi) is 7.11. The Hall–Kier alpha value is -3.70. The second kappa shape index (κ2) is 9.98. The van der Waals surface area contributed by atoms with Crippen molar-refractivity contribution in [3.8, 4) is 0 Å². The van der Waals surface area contributed by atoms with Crippen LogP contribution in [0.3, 0.4) is 0 Å². The number of nitrogens with zero attached hydrogens (tertiary/aromatic N) is 2. The first kappa shape index (κ1) is 26.4. The molecule has 0 spiro atoms. The van der Waals surface area contributed by atoms with E-state index in [1.165, 1.54) is 22.6 Å². The maximum Gasteiger partial charge on any atom is 0.411 e. The molecule has 1 aromatic heterocycles. The van der Waals surface area contributed by atoms with Gasteiger partial charge in [0.15, 0.2) is 11.6 Å². The Labute approximate surface area is 211 Å². The van der Waals surface area contributed by atoms with Crippen LogP contribution in [0, 0.1) is 11.6 Å². The fourth-order valence-corrected chi connectivity index (χ4v) is 4.86. The second-order valence-electron chi connectivity index (χ2n) is 9.56. The Morgan fingerprint density at radius 3 is 2.41 bits per heavy atom. The Bertz CT molecular complexity index is 1340. The minimum absolute atomic E-state index is 0.00262. The molecule has 2 aliphatic rings. The molecule has 1 aliphatic carbocycles. The summed E-state index contributed by atoms with van der Waals surface area (Å²) in [5.74, 6) is -3.37. The number of carbonyl (C=O) groups excluding carboxylic acids is 3. The van der Waals surface area contributed by atoms with Crippen LogP contribution in [0.15, 0.2) is 11.0 Å². The predicted octanol–water partition coefficient (Wildman–Crippen LogP) is 3.46. The van der Waals surface area contributed by atoms with Crippen LogP contribution >= 0.6 is 0 Å². The smallest absolute Gasteiger partial charge is 0.411 e. The molecule has 200 valence electrons. The van der Waals surface area contributed by atoms with Gasteiger partial charge < -0.3 is 24.3 Å². The van der Waals surface area contributed by atoms with Crippen LogP contribution in [0.4, 0.5) is 25.0 Å². The second-order valence-corrected chi connectivity index (χ2v) is 9.56. The molecule has 2 amide bonds. The van der Waals surface area contributed by atoms with Crippen LogP contribution in [-0.2, 0) is 14.3 Å². The molecule has 0 radical (unpaired) electrons. The molecular weight excluding hydrogens is 490 g/mol. The fraction of sp³-hybridized carbons (Fsp3) is 0.520. The highest BCUT2D eigenvalue weighted by atomic mass is 19.1. The van der Waals surface area contributed by atoms with Gasteiger partial charge in [-0.1, -0.05) is 0 Å². The van der Waals surface area contributed by atoms with Crippen molar-refractivity contribution in [1.82, 2.24) is 9.88 Å². The first-order valence-corrected chi connectivity index (χ1v) is 12.3. The number of pyridine rings is 1. The van der Waals surface area contributed by atoms with Crippen molar-refractivity contribution < 1.29 is 32.6 Å². The van der Waals surface area contributed by atoms with Crippen molar-refractivity contribution in [3.63, 3.8) is 0 Å². The SMILES string of the molecule is CCOC(=O)Nc1c(F)c(N2CCC(C)(NC(C)=O)C2)c(F)c2c1c(=O)c(C(=O)OCC)cn2C1CC1. The number of benzene rings is 1. The number of amides is 2. The average molecular weight is 521 g/mol. The van der Waals surface area contributed by atoms with Gasteiger partial charge in [0, 0.05) is 32.3 Å². The highest BCUT2D eigenvalue weighted by Crippen LogP contribution is 2.43. The summed E-state index contributed by atoms with van der Waals surface area (Å²) >= 11 is 0. The molecule has 1 saturated carbocycles. The van der Waals surface area contributed by atoms with Crippen molar-refractivity contribution in [2.75, 3.05) is 36.5 Å². The van der Waals surface area contributed by atoms with Gasteiger partial charge in [-0.2, -0.15) is 0 Å². The van der Waals surface area contributed by atoms with E-state index >= 15 is 8.78 Å². The number of esters is 1. The maximum atomic E-state index is 16.3. The third-order valence-corrected chi connectivity index (χ3v) is 6.53. The molecule has 1 unspecified atom stereocenters. The topological polar surface area (TPSA) is 119 Å². The van der Waals surface area contributed by atoms with Crippen LogP contribution in [0.25, 0.3) is 10.9 Å². The zero-order valence-electron chi connectivity index (χ0n) is 21.2. The van der Waals surface area contributed by atoms with Crippen LogP contribution in [0.1, 0.15) is 63.4 Å². The van der Waals surface area contributed by atoms with E-state index < -0.39 is 51.4 Å². The number of ether oxygens (including phenoxy) is 2. The number of anilines is 2. The predicted molar refractivity (Wildman–Crippen MR) is 132 cm³/mol. The number of carbonyl (C=O) groups is 3. The molecule has 10 nitrogen and oxygen atoms in total. The summed E-state index contributed by atoms with van der Waals surface area (Å²) in [6.07, 6.45) is 1.95. The molecule has 2 fully saturated rings. The number of hydrogen-bond acceptors (Lipinski definition) is 7. The van der Waals surface area contributed by atoms with Crippen molar-refractivity contribution >= 4 is 40.2 Å². The fourth-order valence-electron chi connectivity index (χ4n) is 4.86. The zero-order chi connectivity index (χ0) is 27.1. The van der Waals surface area contributed by atoms with Crippen LogP contribution < -0.4 is 21.0 Å². The molecule has 2 N–H and O–H groups in total. The van der Waals surface area contributed by atoms with Gasteiger partial charge in [-0.05, 0) is 40.0 Å². The Balaban J connectivity index is 2.00. The van der Waals surface area contributed by atoms with Crippen molar-refractivity contribution in [1.29, 1.82) is 0 Å². The van der Waals surface area contributed by atoms with Gasteiger partial charge in [0.25, 0.3) is 0 Å². The lowest BCUT2D eigenvalue weighted by molar-refractivity contribution is -0.120. The van der Waals surface area contributed by atoms with E-state index in [-0.39, 0.29) is 49.3 Å². The number of aromatic nitrogens is 1. The molecule has 1 saturated heterocycles.